The van der Waals surface area contributed by atoms with Crippen LogP contribution in [0.5, 0.6) is 0 Å². The Morgan fingerprint density at radius 1 is 1.31 bits per heavy atom. The maximum atomic E-state index is 13.0. The van der Waals surface area contributed by atoms with Gasteiger partial charge in [0, 0.05) is 24.3 Å². The van der Waals surface area contributed by atoms with Gasteiger partial charge in [-0.3, -0.25) is 4.79 Å². The first-order valence-electron chi connectivity index (χ1n) is 8.54. The van der Waals surface area contributed by atoms with Crippen LogP contribution in [-0.2, 0) is 4.74 Å². The maximum Gasteiger partial charge on any atom is 0.357 e. The molecule has 1 fully saturated rings. The second-order valence-electron chi connectivity index (χ2n) is 6.04. The van der Waals surface area contributed by atoms with Crippen molar-refractivity contribution in [2.45, 2.75) is 25.8 Å². The second-order valence-corrected chi connectivity index (χ2v) is 6.93. The number of carbonyl (C=O) groups excluding carboxylic acids is 2. The van der Waals surface area contributed by atoms with E-state index in [-0.39, 0.29) is 11.9 Å². The van der Waals surface area contributed by atoms with Crippen LogP contribution in [0.3, 0.4) is 0 Å². The number of esters is 1. The third-order valence-electron chi connectivity index (χ3n) is 4.39. The van der Waals surface area contributed by atoms with Gasteiger partial charge in [-0.25, -0.2) is 14.8 Å². The number of hydrogen-bond donors (Lipinski definition) is 0. The molecule has 1 atom stereocenters. The van der Waals surface area contributed by atoms with Gasteiger partial charge in [-0.05, 0) is 31.9 Å². The molecule has 1 amide bonds. The highest BCUT2D eigenvalue weighted by Crippen LogP contribution is 2.34. The zero-order chi connectivity index (χ0) is 18.1. The van der Waals surface area contributed by atoms with Gasteiger partial charge in [-0.1, -0.05) is 6.07 Å². The van der Waals surface area contributed by atoms with Crippen LogP contribution in [0.1, 0.15) is 51.8 Å². The van der Waals surface area contributed by atoms with Crippen molar-refractivity contribution in [3.63, 3.8) is 0 Å². The number of pyridine rings is 1. The molecule has 1 aliphatic heterocycles. The minimum absolute atomic E-state index is 0.107. The summed E-state index contributed by atoms with van der Waals surface area (Å²) in [5.74, 6) is -0.532. The fourth-order valence-electron chi connectivity index (χ4n) is 3.19. The lowest BCUT2D eigenvalue weighted by atomic mass is 10.2. The number of nitrogens with zero attached hydrogens (tertiary/aromatic N) is 4. The molecule has 0 aliphatic carbocycles. The molecule has 3 aromatic heterocycles. The van der Waals surface area contributed by atoms with Gasteiger partial charge in [0.25, 0.3) is 5.91 Å². The van der Waals surface area contributed by atoms with E-state index in [1.807, 2.05) is 28.8 Å². The summed E-state index contributed by atoms with van der Waals surface area (Å²) in [4.78, 5) is 35.4. The number of aromatic nitrogens is 3. The third kappa shape index (κ3) is 2.96. The number of thiazole rings is 1. The average molecular weight is 370 g/mol. The Morgan fingerprint density at radius 2 is 2.19 bits per heavy atom. The zero-order valence-electron chi connectivity index (χ0n) is 14.3. The molecule has 4 heterocycles. The Morgan fingerprint density at radius 3 is 3.00 bits per heavy atom. The van der Waals surface area contributed by atoms with E-state index in [0.29, 0.717) is 24.5 Å². The highest BCUT2D eigenvalue weighted by molar-refractivity contribution is 7.09. The predicted molar refractivity (Wildman–Crippen MR) is 96.3 cm³/mol. The van der Waals surface area contributed by atoms with E-state index in [4.69, 9.17) is 4.74 Å². The van der Waals surface area contributed by atoms with Crippen molar-refractivity contribution in [2.75, 3.05) is 13.2 Å². The fourth-order valence-corrected chi connectivity index (χ4v) is 4.13. The quantitative estimate of drug-likeness (QED) is 0.660. The van der Waals surface area contributed by atoms with Crippen LogP contribution in [0.4, 0.5) is 0 Å². The van der Waals surface area contributed by atoms with Gasteiger partial charge in [0.05, 0.1) is 12.6 Å². The van der Waals surface area contributed by atoms with E-state index < -0.39 is 5.97 Å². The molecule has 0 aromatic carbocycles. The zero-order valence-corrected chi connectivity index (χ0v) is 15.1. The molecular formula is C18H18N4O3S. The number of ether oxygens (including phenoxy) is 1. The molecule has 7 nitrogen and oxygen atoms in total. The fraction of sp³-hybridized carbons (Fsp3) is 0.333. The van der Waals surface area contributed by atoms with Crippen molar-refractivity contribution in [1.29, 1.82) is 0 Å². The number of carbonyl (C=O) groups is 2. The number of fused-ring (bicyclic) bond motifs is 1. The molecule has 1 aliphatic rings. The molecule has 0 radical (unpaired) electrons. The van der Waals surface area contributed by atoms with Gasteiger partial charge in [0.2, 0.25) is 0 Å². The van der Waals surface area contributed by atoms with Crippen molar-refractivity contribution in [3.05, 3.63) is 52.4 Å². The summed E-state index contributed by atoms with van der Waals surface area (Å²) in [6.07, 6.45) is 5.35. The number of hydrogen-bond acceptors (Lipinski definition) is 6. The van der Waals surface area contributed by atoms with Crippen LogP contribution in [0.15, 0.2) is 36.0 Å². The molecule has 1 unspecified atom stereocenters. The van der Waals surface area contributed by atoms with Gasteiger partial charge < -0.3 is 14.0 Å². The molecule has 4 rings (SSSR count). The number of amides is 1. The standard InChI is InChI=1S/C18H18N4O3S/c1-2-25-18(24)13-11-26-16(20-13)14-6-5-9-22(14)17(23)12-10-21-8-4-3-7-15(21)19-12/h3-4,7-8,10-11,14H,2,5-6,9H2,1H3. The highest BCUT2D eigenvalue weighted by Gasteiger charge is 2.34. The van der Waals surface area contributed by atoms with Crippen molar-refractivity contribution in [3.8, 4) is 0 Å². The normalized spacial score (nSPS) is 17.0. The molecule has 134 valence electrons. The van der Waals surface area contributed by atoms with Gasteiger partial charge in [0.1, 0.15) is 16.3 Å². The number of imidazole rings is 1. The Hall–Kier alpha value is -2.74. The molecule has 26 heavy (non-hydrogen) atoms. The smallest absolute Gasteiger partial charge is 0.357 e. The first-order valence-corrected chi connectivity index (χ1v) is 9.42. The first-order chi connectivity index (χ1) is 12.7. The summed E-state index contributed by atoms with van der Waals surface area (Å²) in [6.45, 7) is 2.73. The van der Waals surface area contributed by atoms with E-state index in [1.165, 1.54) is 11.3 Å². The lowest BCUT2D eigenvalue weighted by Crippen LogP contribution is -2.30. The SMILES string of the molecule is CCOC(=O)c1csc(C2CCCN2C(=O)c2cn3ccccc3n2)n1. The van der Waals surface area contributed by atoms with Crippen LogP contribution in [0.2, 0.25) is 0 Å². The maximum absolute atomic E-state index is 13.0. The van der Waals surface area contributed by atoms with Gasteiger partial charge in [0.15, 0.2) is 5.69 Å². The summed E-state index contributed by atoms with van der Waals surface area (Å²) >= 11 is 1.39. The van der Waals surface area contributed by atoms with Crippen LogP contribution < -0.4 is 0 Å². The monoisotopic (exact) mass is 370 g/mol. The lowest BCUT2D eigenvalue weighted by molar-refractivity contribution is 0.0520. The van der Waals surface area contributed by atoms with Crippen molar-refractivity contribution in [1.82, 2.24) is 19.3 Å². The molecule has 8 heteroatoms. The van der Waals surface area contributed by atoms with E-state index in [2.05, 4.69) is 9.97 Å². The Bertz CT molecular complexity index is 931. The predicted octanol–water partition coefficient (Wildman–Crippen LogP) is 2.94. The van der Waals surface area contributed by atoms with E-state index >= 15 is 0 Å². The lowest BCUT2D eigenvalue weighted by Gasteiger charge is -2.22. The molecule has 0 N–H and O–H groups in total. The van der Waals surface area contributed by atoms with Crippen LogP contribution in [-0.4, -0.2) is 44.3 Å². The number of likely N-dealkylation sites (tertiary alicyclic amines) is 1. The summed E-state index contributed by atoms with van der Waals surface area (Å²) < 4.78 is 6.83. The number of rotatable bonds is 4. The molecule has 0 bridgehead atoms. The van der Waals surface area contributed by atoms with Crippen LogP contribution in [0.25, 0.3) is 5.65 Å². The minimum atomic E-state index is -0.425. The molecule has 3 aromatic rings. The second kappa shape index (κ2) is 6.87. The van der Waals surface area contributed by atoms with Gasteiger partial charge in [-0.15, -0.1) is 11.3 Å². The average Bonchev–Trinajstić information content (AvgIpc) is 3.38. The highest BCUT2D eigenvalue weighted by atomic mass is 32.1. The molecule has 0 saturated carbocycles. The van der Waals surface area contributed by atoms with Crippen molar-refractivity contribution >= 4 is 28.9 Å². The molecular weight excluding hydrogens is 352 g/mol. The molecule has 1 saturated heterocycles. The summed E-state index contributed by atoms with van der Waals surface area (Å²) in [5.41, 5.74) is 1.47. The van der Waals surface area contributed by atoms with Crippen LogP contribution >= 0.6 is 11.3 Å². The first kappa shape index (κ1) is 16.7. The molecule has 0 spiro atoms. The van der Waals surface area contributed by atoms with Crippen LogP contribution in [0, 0.1) is 0 Å². The third-order valence-corrected chi connectivity index (χ3v) is 5.33. The largest absolute Gasteiger partial charge is 0.461 e. The van der Waals surface area contributed by atoms with Gasteiger partial charge in [-0.2, -0.15) is 0 Å². The van der Waals surface area contributed by atoms with Gasteiger partial charge >= 0.3 is 5.97 Å². The topological polar surface area (TPSA) is 76.8 Å². The van der Waals surface area contributed by atoms with E-state index in [9.17, 15) is 9.59 Å². The van der Waals surface area contributed by atoms with E-state index in [0.717, 1.165) is 23.5 Å². The van der Waals surface area contributed by atoms with E-state index in [1.54, 1.807) is 23.4 Å². The summed E-state index contributed by atoms with van der Waals surface area (Å²) in [5, 5.41) is 2.46. The Kier molecular flexibility index (Phi) is 4.42. The van der Waals surface area contributed by atoms with Crippen molar-refractivity contribution < 1.29 is 14.3 Å². The Balaban J connectivity index is 1.58. The summed E-state index contributed by atoms with van der Waals surface area (Å²) in [7, 11) is 0. The minimum Gasteiger partial charge on any atom is -0.461 e. The Labute approximate surface area is 154 Å². The summed E-state index contributed by atoms with van der Waals surface area (Å²) in [6, 6.07) is 5.53. The van der Waals surface area contributed by atoms with Crippen molar-refractivity contribution in [2.24, 2.45) is 0 Å².